The van der Waals surface area contributed by atoms with E-state index in [-0.39, 0.29) is 11.8 Å². The molecule has 0 spiro atoms. The van der Waals surface area contributed by atoms with Gasteiger partial charge in [-0.1, -0.05) is 24.3 Å². The van der Waals surface area contributed by atoms with Gasteiger partial charge in [-0.3, -0.25) is 4.90 Å². The summed E-state index contributed by atoms with van der Waals surface area (Å²) in [4.78, 5) is 15.8. The van der Waals surface area contributed by atoms with Crippen LogP contribution in [0.25, 0.3) is 0 Å². The predicted molar refractivity (Wildman–Crippen MR) is 104 cm³/mol. The summed E-state index contributed by atoms with van der Waals surface area (Å²) in [5.74, 6) is 0.316. The second-order valence-electron chi connectivity index (χ2n) is 6.78. The molecule has 1 aromatic carbocycles. The Morgan fingerprint density at radius 1 is 1.15 bits per heavy atom. The highest BCUT2D eigenvalue weighted by Crippen LogP contribution is 2.20. The van der Waals surface area contributed by atoms with E-state index in [9.17, 15) is 9.18 Å². The summed E-state index contributed by atoms with van der Waals surface area (Å²) in [7, 11) is 0. The molecular weight excluding hydrogens is 349 g/mol. The topological polar surface area (TPSA) is 44.4 Å². The molecule has 1 saturated heterocycles. The third-order valence-corrected chi connectivity index (χ3v) is 5.72. The highest BCUT2D eigenvalue weighted by atomic mass is 32.1. The molecule has 1 aliphatic heterocycles. The first-order valence-electron chi connectivity index (χ1n) is 9.20. The van der Waals surface area contributed by atoms with Gasteiger partial charge in [-0.15, -0.1) is 11.3 Å². The Bertz CT molecular complexity index is 684. The van der Waals surface area contributed by atoms with E-state index in [4.69, 9.17) is 0 Å². The van der Waals surface area contributed by atoms with Crippen molar-refractivity contribution in [3.63, 3.8) is 0 Å². The number of urea groups is 1. The van der Waals surface area contributed by atoms with Gasteiger partial charge >= 0.3 is 6.03 Å². The molecule has 6 heteroatoms. The molecule has 1 aliphatic rings. The first kappa shape index (κ1) is 18.9. The van der Waals surface area contributed by atoms with Gasteiger partial charge < -0.3 is 10.6 Å². The molecule has 0 aliphatic carbocycles. The van der Waals surface area contributed by atoms with E-state index in [0.29, 0.717) is 31.0 Å². The normalized spacial score (nSPS) is 15.7. The van der Waals surface area contributed by atoms with E-state index in [2.05, 4.69) is 33.0 Å². The molecule has 26 heavy (non-hydrogen) atoms. The van der Waals surface area contributed by atoms with Gasteiger partial charge in [0.25, 0.3) is 0 Å². The van der Waals surface area contributed by atoms with Crippen molar-refractivity contribution >= 4 is 17.4 Å². The summed E-state index contributed by atoms with van der Waals surface area (Å²) in [6.07, 6.45) is 2.73. The zero-order valence-corrected chi connectivity index (χ0v) is 15.7. The zero-order valence-electron chi connectivity index (χ0n) is 14.9. The lowest BCUT2D eigenvalue weighted by molar-refractivity contribution is 0.176. The molecule has 0 saturated carbocycles. The number of halogens is 1. The van der Waals surface area contributed by atoms with Gasteiger partial charge in [0.05, 0.1) is 0 Å². The van der Waals surface area contributed by atoms with Crippen molar-refractivity contribution in [2.24, 2.45) is 5.92 Å². The lowest BCUT2D eigenvalue weighted by Gasteiger charge is -2.31. The fraction of sp³-hybridized carbons (Fsp3) is 0.450. The van der Waals surface area contributed by atoms with Crippen molar-refractivity contribution in [2.75, 3.05) is 26.2 Å². The van der Waals surface area contributed by atoms with Gasteiger partial charge in [-0.25, -0.2) is 9.18 Å². The molecule has 0 atom stereocenters. The molecule has 1 aromatic heterocycles. The van der Waals surface area contributed by atoms with Gasteiger partial charge in [0.2, 0.25) is 0 Å². The summed E-state index contributed by atoms with van der Waals surface area (Å²) in [5.41, 5.74) is 0.630. The average Bonchev–Trinajstić information content (AvgIpc) is 3.16. The second kappa shape index (κ2) is 9.69. The maximum atomic E-state index is 13.5. The quantitative estimate of drug-likeness (QED) is 0.776. The van der Waals surface area contributed by atoms with E-state index in [1.54, 1.807) is 12.1 Å². The van der Waals surface area contributed by atoms with Crippen molar-refractivity contribution < 1.29 is 9.18 Å². The van der Waals surface area contributed by atoms with Crippen LogP contribution in [0.3, 0.4) is 0 Å². The number of rotatable bonds is 7. The van der Waals surface area contributed by atoms with Crippen LogP contribution in [0.1, 0.15) is 23.3 Å². The second-order valence-corrected chi connectivity index (χ2v) is 7.81. The molecule has 1 fully saturated rings. The summed E-state index contributed by atoms with van der Waals surface area (Å²) in [6, 6.07) is 10.8. The van der Waals surface area contributed by atoms with Gasteiger partial charge in [0, 0.05) is 24.5 Å². The number of carbonyl (C=O) groups is 1. The molecule has 2 N–H and O–H groups in total. The highest BCUT2D eigenvalue weighted by Gasteiger charge is 2.19. The Morgan fingerprint density at radius 3 is 2.69 bits per heavy atom. The summed E-state index contributed by atoms with van der Waals surface area (Å²) < 4.78 is 13.5. The molecular formula is C20H26FN3OS. The van der Waals surface area contributed by atoms with Crippen LogP contribution in [0, 0.1) is 11.7 Å². The van der Waals surface area contributed by atoms with Gasteiger partial charge in [0.1, 0.15) is 5.82 Å². The minimum atomic E-state index is -0.219. The Hall–Kier alpha value is -1.92. The third-order valence-electron chi connectivity index (χ3n) is 4.86. The van der Waals surface area contributed by atoms with Gasteiger partial charge in [0.15, 0.2) is 0 Å². The van der Waals surface area contributed by atoms with Crippen LogP contribution in [0.5, 0.6) is 0 Å². The first-order chi connectivity index (χ1) is 12.7. The lowest BCUT2D eigenvalue weighted by Crippen LogP contribution is -2.42. The van der Waals surface area contributed by atoms with Gasteiger partial charge in [-0.05, 0) is 61.3 Å². The highest BCUT2D eigenvalue weighted by molar-refractivity contribution is 7.09. The lowest BCUT2D eigenvalue weighted by atomic mass is 9.97. The smallest absolute Gasteiger partial charge is 0.314 e. The molecule has 4 nitrogen and oxygen atoms in total. The number of nitrogens with zero attached hydrogens (tertiary/aromatic N) is 1. The van der Waals surface area contributed by atoms with E-state index in [0.717, 1.165) is 32.5 Å². The number of thiophene rings is 1. The van der Waals surface area contributed by atoms with Crippen LogP contribution in [0.15, 0.2) is 41.8 Å². The number of amides is 2. The van der Waals surface area contributed by atoms with Crippen LogP contribution in [0.4, 0.5) is 9.18 Å². The molecule has 0 unspecified atom stereocenters. The number of hydrogen-bond donors (Lipinski definition) is 2. The molecule has 3 rings (SSSR count). The number of nitrogens with one attached hydrogen (secondary N) is 2. The van der Waals surface area contributed by atoms with E-state index < -0.39 is 0 Å². The van der Waals surface area contributed by atoms with Crippen molar-refractivity contribution in [3.05, 3.63) is 58.0 Å². The number of carbonyl (C=O) groups excluding carboxylic acids is 1. The number of benzene rings is 1. The first-order valence-corrected chi connectivity index (χ1v) is 10.1. The fourth-order valence-corrected chi connectivity index (χ4v) is 4.03. The molecule has 2 heterocycles. The Kier molecular flexibility index (Phi) is 7.03. The number of likely N-dealkylation sites (tertiary alicyclic amines) is 1. The van der Waals surface area contributed by atoms with Crippen LogP contribution < -0.4 is 10.6 Å². The minimum Gasteiger partial charge on any atom is -0.338 e. The molecule has 140 valence electrons. The molecule has 0 radical (unpaired) electrons. The SMILES string of the molecule is O=C(NCCc1ccccc1F)NCC1CCN(Cc2cccs2)CC1. The van der Waals surface area contributed by atoms with Crippen molar-refractivity contribution in [3.8, 4) is 0 Å². The van der Waals surface area contributed by atoms with Crippen LogP contribution >= 0.6 is 11.3 Å². The monoisotopic (exact) mass is 375 g/mol. The maximum absolute atomic E-state index is 13.5. The van der Waals surface area contributed by atoms with Crippen molar-refractivity contribution in [1.29, 1.82) is 0 Å². The van der Waals surface area contributed by atoms with E-state index >= 15 is 0 Å². The molecule has 0 bridgehead atoms. The van der Waals surface area contributed by atoms with Crippen molar-refractivity contribution in [2.45, 2.75) is 25.8 Å². The standard InChI is InChI=1S/C20H26FN3OS/c21-19-6-2-1-4-17(19)7-10-22-20(25)23-14-16-8-11-24(12-9-16)15-18-5-3-13-26-18/h1-6,13,16H,7-12,14-15H2,(H2,22,23,25). The molecule has 2 aromatic rings. The van der Waals surface area contributed by atoms with Crippen LogP contribution in [-0.4, -0.2) is 37.1 Å². The largest absolute Gasteiger partial charge is 0.338 e. The van der Waals surface area contributed by atoms with Crippen LogP contribution in [-0.2, 0) is 13.0 Å². The van der Waals surface area contributed by atoms with Crippen molar-refractivity contribution in [1.82, 2.24) is 15.5 Å². The Labute approximate surface area is 158 Å². The zero-order chi connectivity index (χ0) is 18.2. The number of hydrogen-bond acceptors (Lipinski definition) is 3. The Morgan fingerprint density at radius 2 is 1.96 bits per heavy atom. The van der Waals surface area contributed by atoms with Crippen LogP contribution in [0.2, 0.25) is 0 Å². The van der Waals surface area contributed by atoms with E-state index in [1.165, 1.54) is 10.9 Å². The predicted octanol–water partition coefficient (Wildman–Crippen LogP) is 3.64. The summed E-state index contributed by atoms with van der Waals surface area (Å²) >= 11 is 1.81. The summed E-state index contributed by atoms with van der Waals surface area (Å²) in [5, 5.41) is 7.89. The summed E-state index contributed by atoms with van der Waals surface area (Å²) in [6.45, 7) is 4.34. The Balaban J connectivity index is 1.28. The molecule has 2 amide bonds. The third kappa shape index (κ3) is 5.81. The van der Waals surface area contributed by atoms with Gasteiger partial charge in [-0.2, -0.15) is 0 Å². The number of piperidine rings is 1. The minimum absolute atomic E-state index is 0.164. The maximum Gasteiger partial charge on any atom is 0.314 e. The average molecular weight is 376 g/mol. The fourth-order valence-electron chi connectivity index (χ4n) is 3.28. The van der Waals surface area contributed by atoms with E-state index in [1.807, 2.05) is 17.4 Å².